The number of oxazole rings is 1. The van der Waals surface area contributed by atoms with Gasteiger partial charge in [0.1, 0.15) is 17.6 Å². The molecule has 1 aromatic heterocycles. The predicted molar refractivity (Wildman–Crippen MR) is 135 cm³/mol. The van der Waals surface area contributed by atoms with Gasteiger partial charge in [-0.3, -0.25) is 4.79 Å². The summed E-state index contributed by atoms with van der Waals surface area (Å²) >= 11 is 0. The highest BCUT2D eigenvalue weighted by atomic mass is 16.5. The number of allylic oxidation sites excluding steroid dienone is 4. The fraction of sp³-hybridized carbons (Fsp3) is 0.393. The number of fused-ring (bicyclic) bond motifs is 1. The number of nitrogens with zero attached hydrogens (tertiary/aromatic N) is 2. The number of carboxylic acid groups (broad SMARTS) is 1. The molecule has 1 aliphatic rings. The Bertz CT molecular complexity index is 1110. The molecule has 186 valence electrons. The molecule has 0 saturated heterocycles. The van der Waals surface area contributed by atoms with Gasteiger partial charge in [-0.15, -0.1) is 0 Å². The first-order valence-corrected chi connectivity index (χ1v) is 12.1. The molecule has 35 heavy (non-hydrogen) atoms. The number of carboxylic acids is 1. The van der Waals surface area contributed by atoms with Gasteiger partial charge in [0.15, 0.2) is 0 Å². The number of carbonyl (C=O) groups excluding carboxylic acids is 1. The van der Waals surface area contributed by atoms with Crippen molar-refractivity contribution < 1.29 is 23.8 Å². The van der Waals surface area contributed by atoms with Crippen LogP contribution in [0.15, 0.2) is 53.0 Å². The Labute approximate surface area is 206 Å². The third kappa shape index (κ3) is 7.18. The van der Waals surface area contributed by atoms with E-state index < -0.39 is 12.0 Å². The highest BCUT2D eigenvalue weighted by Crippen LogP contribution is 2.28. The molecule has 7 heteroatoms. The van der Waals surface area contributed by atoms with Gasteiger partial charge in [-0.05, 0) is 49.6 Å². The van der Waals surface area contributed by atoms with Gasteiger partial charge >= 0.3 is 5.97 Å². The summed E-state index contributed by atoms with van der Waals surface area (Å²) in [7, 11) is 0. The molecule has 7 nitrogen and oxygen atoms in total. The van der Waals surface area contributed by atoms with Gasteiger partial charge in [-0.1, -0.05) is 50.1 Å². The van der Waals surface area contributed by atoms with Crippen LogP contribution in [0.5, 0.6) is 5.75 Å². The first kappa shape index (κ1) is 26.0. The number of aromatic nitrogens is 1. The van der Waals surface area contributed by atoms with Crippen LogP contribution < -0.4 is 4.74 Å². The number of hydrogen-bond acceptors (Lipinski definition) is 5. The maximum absolute atomic E-state index is 12.6. The molecule has 0 radical (unpaired) electrons. The van der Waals surface area contributed by atoms with Gasteiger partial charge < -0.3 is 19.2 Å². The van der Waals surface area contributed by atoms with Gasteiger partial charge in [-0.2, -0.15) is 0 Å². The minimum atomic E-state index is -1.01. The van der Waals surface area contributed by atoms with Crippen molar-refractivity contribution in [3.05, 3.63) is 77.1 Å². The lowest BCUT2D eigenvalue weighted by Crippen LogP contribution is -2.48. The van der Waals surface area contributed by atoms with Crippen molar-refractivity contribution in [3.63, 3.8) is 0 Å². The third-order valence-corrected chi connectivity index (χ3v) is 5.92. The molecule has 1 aromatic carbocycles. The van der Waals surface area contributed by atoms with E-state index in [1.54, 1.807) is 18.2 Å². The number of unbranched alkanes of at least 4 members (excludes halogenated alkanes) is 2. The van der Waals surface area contributed by atoms with Crippen LogP contribution in [0, 0.1) is 6.92 Å². The summed E-state index contributed by atoms with van der Waals surface area (Å²) in [6, 6.07) is 4.73. The fourth-order valence-electron chi connectivity index (χ4n) is 3.97. The van der Waals surface area contributed by atoms with E-state index in [0.29, 0.717) is 24.7 Å². The molecule has 0 spiro atoms. The first-order valence-electron chi connectivity index (χ1n) is 12.1. The monoisotopic (exact) mass is 478 g/mol. The molecule has 1 aliphatic heterocycles. The Morgan fingerprint density at radius 2 is 2.11 bits per heavy atom. The van der Waals surface area contributed by atoms with E-state index in [-0.39, 0.29) is 18.9 Å². The average Bonchev–Trinajstić information content (AvgIpc) is 3.20. The molecule has 1 amide bonds. The van der Waals surface area contributed by atoms with Crippen molar-refractivity contribution >= 4 is 18.0 Å². The lowest BCUT2D eigenvalue weighted by molar-refractivity contribution is -0.149. The molecule has 3 rings (SSSR count). The summed E-state index contributed by atoms with van der Waals surface area (Å²) in [4.78, 5) is 30.4. The summed E-state index contributed by atoms with van der Waals surface area (Å²) in [6.07, 6.45) is 14.7. The van der Waals surface area contributed by atoms with Crippen LogP contribution in [-0.2, 0) is 29.0 Å². The molecular weight excluding hydrogens is 444 g/mol. The van der Waals surface area contributed by atoms with Crippen LogP contribution >= 0.6 is 0 Å². The highest BCUT2D eigenvalue weighted by Gasteiger charge is 2.33. The lowest BCUT2D eigenvalue weighted by atomic mass is 9.93. The van der Waals surface area contributed by atoms with Gasteiger partial charge in [0, 0.05) is 25.5 Å². The summed E-state index contributed by atoms with van der Waals surface area (Å²) in [5.41, 5.74) is 2.68. The molecule has 0 aliphatic carbocycles. The topological polar surface area (TPSA) is 92.9 Å². The number of aliphatic carboxylic acids is 1. The minimum Gasteiger partial charge on any atom is -0.493 e. The first-order chi connectivity index (χ1) is 16.9. The zero-order valence-corrected chi connectivity index (χ0v) is 20.7. The molecule has 0 saturated carbocycles. The minimum absolute atomic E-state index is 0.221. The quantitative estimate of drug-likeness (QED) is 0.268. The standard InChI is InChI=1S/C28H34N2O5/c1-4-6-8-10-11-26-29-24(20(3)35-26)15-16-34-23-14-13-21-18-25(28(32)33)30(19-22(21)17-23)27(31)12-9-7-5-2/h5,7,9-14,17,25H,4,6,8,15-16,18-19H2,1-3H3,(H,32,33)/b7-5+,11-10+,12-9+/t25-/m0/s1. The van der Waals surface area contributed by atoms with Crippen molar-refractivity contribution in [3.8, 4) is 5.75 Å². The van der Waals surface area contributed by atoms with Gasteiger partial charge in [0.25, 0.3) is 0 Å². The Morgan fingerprint density at radius 3 is 2.86 bits per heavy atom. The number of ether oxygens (including phenoxy) is 1. The highest BCUT2D eigenvalue weighted by molar-refractivity contribution is 5.92. The van der Waals surface area contributed by atoms with Crippen molar-refractivity contribution in [1.29, 1.82) is 0 Å². The summed E-state index contributed by atoms with van der Waals surface area (Å²) in [5, 5.41) is 9.66. The van der Waals surface area contributed by atoms with Gasteiger partial charge in [0.2, 0.25) is 11.8 Å². The third-order valence-electron chi connectivity index (χ3n) is 5.92. The van der Waals surface area contributed by atoms with E-state index in [1.807, 2.05) is 38.1 Å². The molecule has 1 N–H and O–H groups in total. The molecular formula is C28H34N2O5. The summed E-state index contributed by atoms with van der Waals surface area (Å²) in [6.45, 7) is 6.56. The fourth-order valence-corrected chi connectivity index (χ4v) is 3.97. The van der Waals surface area contributed by atoms with Crippen LogP contribution in [0.4, 0.5) is 0 Å². The van der Waals surface area contributed by atoms with Crippen molar-refractivity contribution in [2.24, 2.45) is 0 Å². The Hall–Kier alpha value is -3.61. The zero-order valence-electron chi connectivity index (χ0n) is 20.7. The van der Waals surface area contributed by atoms with Gasteiger partial charge in [0.05, 0.1) is 12.3 Å². The Morgan fingerprint density at radius 1 is 1.29 bits per heavy atom. The second-order valence-corrected chi connectivity index (χ2v) is 8.54. The number of carbonyl (C=O) groups is 2. The van der Waals surface area contributed by atoms with E-state index in [1.165, 1.54) is 11.0 Å². The lowest BCUT2D eigenvalue weighted by Gasteiger charge is -2.34. The maximum atomic E-state index is 12.6. The smallest absolute Gasteiger partial charge is 0.326 e. The maximum Gasteiger partial charge on any atom is 0.326 e. The number of rotatable bonds is 11. The number of benzene rings is 1. The SMILES string of the molecule is C/C=C/C=C/C(=O)N1Cc2cc(OCCc3nc(/C=C/CCCC)oc3C)ccc2C[C@H]1C(=O)O. The van der Waals surface area contributed by atoms with Crippen LogP contribution in [0.1, 0.15) is 61.6 Å². The average molecular weight is 479 g/mol. The largest absolute Gasteiger partial charge is 0.493 e. The van der Waals surface area contributed by atoms with E-state index in [2.05, 4.69) is 18.0 Å². The molecule has 1 atom stereocenters. The summed E-state index contributed by atoms with van der Waals surface area (Å²) in [5.74, 6) is 0.743. The molecule has 2 heterocycles. The number of aryl methyl sites for hydroxylation is 1. The second-order valence-electron chi connectivity index (χ2n) is 8.54. The van der Waals surface area contributed by atoms with Gasteiger partial charge in [-0.25, -0.2) is 9.78 Å². The van der Waals surface area contributed by atoms with Crippen LogP contribution in [0.3, 0.4) is 0 Å². The molecule has 0 unspecified atom stereocenters. The summed E-state index contributed by atoms with van der Waals surface area (Å²) < 4.78 is 11.7. The van der Waals surface area contributed by atoms with Crippen LogP contribution in [0.25, 0.3) is 6.08 Å². The van der Waals surface area contributed by atoms with Crippen LogP contribution in [0.2, 0.25) is 0 Å². The van der Waals surface area contributed by atoms with E-state index in [0.717, 1.165) is 41.8 Å². The number of amides is 1. The van der Waals surface area contributed by atoms with Crippen LogP contribution in [-0.4, -0.2) is 39.5 Å². The number of hydrogen-bond donors (Lipinski definition) is 1. The van der Waals surface area contributed by atoms with E-state index >= 15 is 0 Å². The van der Waals surface area contributed by atoms with Crippen molar-refractivity contribution in [2.45, 2.75) is 65.5 Å². The Balaban J connectivity index is 1.63. The second kappa shape index (κ2) is 12.7. The molecule has 0 fully saturated rings. The molecule has 0 bridgehead atoms. The zero-order chi connectivity index (χ0) is 25.2. The predicted octanol–water partition coefficient (Wildman–Crippen LogP) is 5.28. The van der Waals surface area contributed by atoms with E-state index in [9.17, 15) is 14.7 Å². The Kier molecular flexibility index (Phi) is 9.47. The molecule has 2 aromatic rings. The van der Waals surface area contributed by atoms with Crippen molar-refractivity contribution in [2.75, 3.05) is 6.61 Å². The van der Waals surface area contributed by atoms with Crippen molar-refractivity contribution in [1.82, 2.24) is 9.88 Å². The normalized spacial score (nSPS) is 15.9. The van der Waals surface area contributed by atoms with E-state index in [4.69, 9.17) is 9.15 Å².